The average Bonchev–Trinajstić information content (AvgIpc) is 3.02. The normalized spacial score (nSPS) is 22.2. The van der Waals surface area contributed by atoms with E-state index >= 15 is 0 Å². The van der Waals surface area contributed by atoms with Crippen molar-refractivity contribution in [1.82, 2.24) is 14.9 Å². The van der Waals surface area contributed by atoms with Crippen molar-refractivity contribution in [3.05, 3.63) is 64.7 Å². The smallest absolute Gasteiger partial charge is 0.407 e. The first-order chi connectivity index (χ1) is 15.1. The second-order valence-electron chi connectivity index (χ2n) is 9.44. The van der Waals surface area contributed by atoms with E-state index in [1.807, 2.05) is 45.0 Å². The summed E-state index contributed by atoms with van der Waals surface area (Å²) in [7, 11) is 0. The van der Waals surface area contributed by atoms with Gasteiger partial charge in [-0.1, -0.05) is 50.6 Å². The summed E-state index contributed by atoms with van der Waals surface area (Å²) in [6, 6.07) is 12.4. The molecule has 8 heteroatoms. The van der Waals surface area contributed by atoms with Crippen LogP contribution in [0.3, 0.4) is 0 Å². The highest BCUT2D eigenvalue weighted by Gasteiger charge is 2.40. The van der Waals surface area contributed by atoms with Crippen LogP contribution in [-0.2, 0) is 11.2 Å². The number of hydrogen-bond acceptors (Lipinski definition) is 3. The van der Waals surface area contributed by atoms with Crippen molar-refractivity contribution in [1.29, 1.82) is 0 Å². The lowest BCUT2D eigenvalue weighted by Gasteiger charge is -2.34. The molecule has 0 saturated carbocycles. The molecule has 1 aliphatic heterocycles. The van der Waals surface area contributed by atoms with Gasteiger partial charge in [-0.3, -0.25) is 0 Å². The summed E-state index contributed by atoms with van der Waals surface area (Å²) >= 11 is 5.91. The van der Waals surface area contributed by atoms with E-state index in [0.29, 0.717) is 12.0 Å². The molecule has 1 fully saturated rings. The van der Waals surface area contributed by atoms with Crippen molar-refractivity contribution in [2.45, 2.75) is 39.4 Å². The van der Waals surface area contributed by atoms with Crippen molar-refractivity contribution < 1.29 is 19.0 Å². The third-order valence-corrected chi connectivity index (χ3v) is 6.29. The van der Waals surface area contributed by atoms with Gasteiger partial charge in [0.1, 0.15) is 11.6 Å². The summed E-state index contributed by atoms with van der Waals surface area (Å²) in [4.78, 5) is 21.4. The van der Waals surface area contributed by atoms with Crippen LogP contribution in [0.25, 0.3) is 11.0 Å². The molecule has 2 heterocycles. The number of nitrogens with zero attached hydrogens (tertiary/aromatic N) is 2. The highest BCUT2D eigenvalue weighted by molar-refractivity contribution is 6.30. The molecule has 1 unspecified atom stereocenters. The lowest BCUT2D eigenvalue weighted by atomic mass is 9.88. The number of carbonyl (C=O) groups is 1. The Labute approximate surface area is 191 Å². The Kier molecular flexibility index (Phi) is 6.14. The Hall–Kier alpha value is -2.64. The number of halogens is 2. The van der Waals surface area contributed by atoms with Crippen LogP contribution in [0.4, 0.5) is 9.18 Å². The number of para-hydroxylation sites is 2. The van der Waals surface area contributed by atoms with Gasteiger partial charge in [0.05, 0.1) is 34.8 Å². The minimum absolute atomic E-state index is 0.0377. The SMILES string of the molecule is CC(C)(C)C1CN(C(=O)O)C[C@@H](Cc2nc3ccccc3[nH]2)[C@H](c2ccc(Cl)c(F)c2)O1. The van der Waals surface area contributed by atoms with Gasteiger partial charge in [-0.2, -0.15) is 0 Å². The summed E-state index contributed by atoms with van der Waals surface area (Å²) in [5, 5.41) is 9.89. The van der Waals surface area contributed by atoms with Crippen LogP contribution in [-0.4, -0.2) is 45.3 Å². The molecule has 0 spiro atoms. The zero-order chi connectivity index (χ0) is 23.0. The molecule has 1 aliphatic rings. The Morgan fingerprint density at radius 3 is 2.69 bits per heavy atom. The molecular formula is C24H27ClFN3O3. The lowest BCUT2D eigenvalue weighted by molar-refractivity contribution is -0.0770. The predicted octanol–water partition coefficient (Wildman–Crippen LogP) is 5.68. The quantitative estimate of drug-likeness (QED) is 0.528. The van der Waals surface area contributed by atoms with Crippen molar-refractivity contribution >= 4 is 28.7 Å². The summed E-state index contributed by atoms with van der Waals surface area (Å²) in [6.07, 6.45) is -1.45. The Bertz CT molecular complexity index is 1090. The maximum atomic E-state index is 14.4. The van der Waals surface area contributed by atoms with Crippen molar-refractivity contribution in [2.24, 2.45) is 11.3 Å². The number of rotatable bonds is 3. The largest absolute Gasteiger partial charge is 0.465 e. The molecule has 4 rings (SSSR count). The first-order valence-electron chi connectivity index (χ1n) is 10.6. The van der Waals surface area contributed by atoms with E-state index in [1.165, 1.54) is 17.0 Å². The molecule has 1 amide bonds. The van der Waals surface area contributed by atoms with E-state index < -0.39 is 18.0 Å². The van der Waals surface area contributed by atoms with Gasteiger partial charge in [0.25, 0.3) is 0 Å². The maximum absolute atomic E-state index is 14.4. The molecule has 2 N–H and O–H groups in total. The topological polar surface area (TPSA) is 78.5 Å². The average molecular weight is 460 g/mol. The van der Waals surface area contributed by atoms with Gasteiger partial charge in [0.2, 0.25) is 0 Å². The zero-order valence-corrected chi connectivity index (χ0v) is 19.1. The van der Waals surface area contributed by atoms with Crippen molar-refractivity contribution in [3.63, 3.8) is 0 Å². The number of fused-ring (bicyclic) bond motifs is 1. The van der Waals surface area contributed by atoms with E-state index in [1.54, 1.807) is 6.07 Å². The number of nitrogens with one attached hydrogen (secondary N) is 1. The first kappa shape index (κ1) is 22.6. The Morgan fingerprint density at radius 1 is 1.28 bits per heavy atom. The van der Waals surface area contributed by atoms with Gasteiger partial charge < -0.3 is 19.7 Å². The van der Waals surface area contributed by atoms with E-state index in [4.69, 9.17) is 16.3 Å². The van der Waals surface area contributed by atoms with Crippen LogP contribution in [0, 0.1) is 17.2 Å². The third-order valence-electron chi connectivity index (χ3n) is 5.98. The summed E-state index contributed by atoms with van der Waals surface area (Å²) in [6.45, 7) is 6.51. The first-order valence-corrected chi connectivity index (χ1v) is 11.0. The molecule has 0 aliphatic carbocycles. The van der Waals surface area contributed by atoms with Crippen LogP contribution in [0.5, 0.6) is 0 Å². The van der Waals surface area contributed by atoms with E-state index in [2.05, 4.69) is 9.97 Å². The van der Waals surface area contributed by atoms with Gasteiger partial charge in [-0.05, 0) is 35.2 Å². The molecule has 1 saturated heterocycles. The highest BCUT2D eigenvalue weighted by Crippen LogP contribution is 2.38. The number of H-pyrrole nitrogens is 1. The lowest BCUT2D eigenvalue weighted by Crippen LogP contribution is -2.42. The monoisotopic (exact) mass is 459 g/mol. The van der Waals surface area contributed by atoms with Gasteiger partial charge in [0.15, 0.2) is 0 Å². The van der Waals surface area contributed by atoms with Crippen LogP contribution in [0.1, 0.15) is 38.3 Å². The van der Waals surface area contributed by atoms with Crippen molar-refractivity contribution in [3.8, 4) is 0 Å². The molecule has 3 atom stereocenters. The number of aromatic amines is 1. The maximum Gasteiger partial charge on any atom is 0.407 e. The van der Waals surface area contributed by atoms with Gasteiger partial charge in [-0.25, -0.2) is 14.2 Å². The summed E-state index contributed by atoms with van der Waals surface area (Å²) in [5.74, 6) is -0.0692. The number of amides is 1. The molecule has 1 aromatic heterocycles. The molecule has 2 aromatic carbocycles. The van der Waals surface area contributed by atoms with Crippen LogP contribution in [0.15, 0.2) is 42.5 Å². The molecule has 32 heavy (non-hydrogen) atoms. The molecule has 170 valence electrons. The molecule has 0 radical (unpaired) electrons. The van der Waals surface area contributed by atoms with E-state index in [0.717, 1.165) is 16.9 Å². The summed E-state index contributed by atoms with van der Waals surface area (Å²) in [5.41, 5.74) is 2.07. The van der Waals surface area contributed by atoms with Crippen LogP contribution >= 0.6 is 11.6 Å². The second-order valence-corrected chi connectivity index (χ2v) is 9.84. The number of ether oxygens (including phenoxy) is 1. The van der Waals surface area contributed by atoms with E-state index in [-0.39, 0.29) is 35.5 Å². The fourth-order valence-corrected chi connectivity index (χ4v) is 4.30. The van der Waals surface area contributed by atoms with Gasteiger partial charge >= 0.3 is 6.09 Å². The minimum atomic E-state index is -1.000. The van der Waals surface area contributed by atoms with E-state index in [9.17, 15) is 14.3 Å². The third kappa shape index (κ3) is 4.74. The number of hydrogen-bond donors (Lipinski definition) is 2. The fraction of sp³-hybridized carbons (Fsp3) is 0.417. The number of carboxylic acid groups (broad SMARTS) is 1. The molecule has 0 bridgehead atoms. The summed E-state index contributed by atoms with van der Waals surface area (Å²) < 4.78 is 20.9. The number of aromatic nitrogens is 2. The Balaban J connectivity index is 1.75. The molecule has 3 aromatic rings. The minimum Gasteiger partial charge on any atom is -0.465 e. The van der Waals surface area contributed by atoms with Crippen LogP contribution < -0.4 is 0 Å². The predicted molar refractivity (Wildman–Crippen MR) is 121 cm³/mol. The Morgan fingerprint density at radius 2 is 2.03 bits per heavy atom. The van der Waals surface area contributed by atoms with Crippen LogP contribution in [0.2, 0.25) is 5.02 Å². The van der Waals surface area contributed by atoms with Gasteiger partial charge in [-0.15, -0.1) is 0 Å². The molecule has 6 nitrogen and oxygen atoms in total. The highest BCUT2D eigenvalue weighted by atomic mass is 35.5. The fourth-order valence-electron chi connectivity index (χ4n) is 4.18. The number of benzene rings is 2. The van der Waals surface area contributed by atoms with Gasteiger partial charge in [0, 0.05) is 18.9 Å². The van der Waals surface area contributed by atoms with Crippen molar-refractivity contribution in [2.75, 3.05) is 13.1 Å². The molecular weight excluding hydrogens is 433 g/mol. The number of imidazole rings is 1. The zero-order valence-electron chi connectivity index (χ0n) is 18.3. The second kappa shape index (κ2) is 8.71. The standard InChI is InChI=1S/C24H27ClFN3O3/c1-24(2,3)20-13-29(23(30)31)12-15(11-21-27-18-6-4-5-7-19(18)28-21)22(32-20)14-8-9-16(25)17(26)10-14/h4-10,15,20,22H,11-13H2,1-3H3,(H,27,28)(H,30,31)/t15-,20?,22+/m1/s1.